The van der Waals surface area contributed by atoms with Gasteiger partial charge in [-0.15, -0.1) is 12.4 Å². The van der Waals surface area contributed by atoms with E-state index in [0.717, 1.165) is 12.0 Å². The smallest absolute Gasteiger partial charge is 0.153 e. The second kappa shape index (κ2) is 4.70. The molecule has 0 aromatic carbocycles. The quantitative estimate of drug-likeness (QED) is 0.729. The summed E-state index contributed by atoms with van der Waals surface area (Å²) in [5.74, 6) is 0. The normalized spacial score (nSPS) is 9.40. The number of hydrogen-bond acceptors (Lipinski definition) is 3. The minimum atomic E-state index is 0. The van der Waals surface area contributed by atoms with Crippen molar-refractivity contribution in [3.63, 3.8) is 0 Å². The van der Waals surface area contributed by atoms with E-state index in [1.807, 2.05) is 18.2 Å². The SMILES string of the molecule is Cl.Cn1cc(C=O)c(-c2ccccn2)n1. The Kier molecular flexibility index (Phi) is 3.57. The molecule has 0 unspecified atom stereocenters. The van der Waals surface area contributed by atoms with Gasteiger partial charge in [-0.1, -0.05) is 6.07 Å². The molecule has 0 aliphatic carbocycles. The fourth-order valence-electron chi connectivity index (χ4n) is 1.29. The van der Waals surface area contributed by atoms with E-state index in [1.165, 1.54) is 0 Å². The Morgan fingerprint density at radius 2 is 2.20 bits per heavy atom. The summed E-state index contributed by atoms with van der Waals surface area (Å²) >= 11 is 0. The minimum absolute atomic E-state index is 0. The molecule has 0 amide bonds. The summed E-state index contributed by atoms with van der Waals surface area (Å²) in [7, 11) is 1.78. The summed E-state index contributed by atoms with van der Waals surface area (Å²) in [6.45, 7) is 0. The van der Waals surface area contributed by atoms with Crippen LogP contribution in [0.5, 0.6) is 0 Å². The Balaban J connectivity index is 0.00000112. The summed E-state index contributed by atoms with van der Waals surface area (Å²) < 4.78 is 1.60. The van der Waals surface area contributed by atoms with E-state index in [4.69, 9.17) is 0 Å². The van der Waals surface area contributed by atoms with Gasteiger partial charge >= 0.3 is 0 Å². The van der Waals surface area contributed by atoms with Gasteiger partial charge in [-0.2, -0.15) is 5.10 Å². The first-order chi connectivity index (χ1) is 6.81. The predicted octanol–water partition coefficient (Wildman–Crippen LogP) is 1.72. The highest BCUT2D eigenvalue weighted by atomic mass is 35.5. The Morgan fingerprint density at radius 1 is 1.40 bits per heavy atom. The highest BCUT2D eigenvalue weighted by Gasteiger charge is 2.09. The van der Waals surface area contributed by atoms with Gasteiger partial charge in [0.25, 0.3) is 0 Å². The van der Waals surface area contributed by atoms with Crippen LogP contribution in [0.3, 0.4) is 0 Å². The molecule has 2 aromatic rings. The fraction of sp³-hybridized carbons (Fsp3) is 0.100. The first kappa shape index (κ1) is 11.4. The number of halogens is 1. The van der Waals surface area contributed by atoms with Gasteiger partial charge in [0.2, 0.25) is 0 Å². The zero-order valence-corrected chi connectivity index (χ0v) is 8.94. The molecule has 5 heteroatoms. The summed E-state index contributed by atoms with van der Waals surface area (Å²) in [5, 5.41) is 4.17. The number of aldehydes is 1. The van der Waals surface area contributed by atoms with Crippen molar-refractivity contribution >= 4 is 18.7 Å². The summed E-state index contributed by atoms with van der Waals surface area (Å²) in [6, 6.07) is 5.52. The monoisotopic (exact) mass is 223 g/mol. The second-order valence-electron chi connectivity index (χ2n) is 2.94. The van der Waals surface area contributed by atoms with Crippen LogP contribution in [0.25, 0.3) is 11.4 Å². The first-order valence-corrected chi connectivity index (χ1v) is 4.21. The highest BCUT2D eigenvalue weighted by molar-refractivity contribution is 5.85. The van der Waals surface area contributed by atoms with E-state index in [-0.39, 0.29) is 12.4 Å². The molecular weight excluding hydrogens is 214 g/mol. The predicted molar refractivity (Wildman–Crippen MR) is 59.1 cm³/mol. The number of hydrogen-bond donors (Lipinski definition) is 0. The van der Waals surface area contributed by atoms with Gasteiger partial charge < -0.3 is 0 Å². The van der Waals surface area contributed by atoms with Crippen molar-refractivity contribution in [1.29, 1.82) is 0 Å². The number of carbonyl (C=O) groups excluding carboxylic acids is 1. The number of aromatic nitrogens is 3. The zero-order valence-electron chi connectivity index (χ0n) is 8.12. The molecule has 0 saturated carbocycles. The van der Waals surface area contributed by atoms with Crippen LogP contribution in [-0.2, 0) is 7.05 Å². The first-order valence-electron chi connectivity index (χ1n) is 4.21. The molecule has 2 rings (SSSR count). The van der Waals surface area contributed by atoms with Crippen LogP contribution in [0, 0.1) is 0 Å². The third-order valence-electron chi connectivity index (χ3n) is 1.89. The Bertz CT molecular complexity index is 453. The molecule has 0 spiro atoms. The van der Waals surface area contributed by atoms with Crippen LogP contribution >= 0.6 is 12.4 Å². The average Bonchev–Trinajstić information content (AvgIpc) is 2.61. The van der Waals surface area contributed by atoms with Crippen molar-refractivity contribution in [1.82, 2.24) is 14.8 Å². The molecule has 0 radical (unpaired) electrons. The summed E-state index contributed by atoms with van der Waals surface area (Å²) in [6.07, 6.45) is 4.15. The van der Waals surface area contributed by atoms with Crippen LogP contribution in [0.4, 0.5) is 0 Å². The summed E-state index contributed by atoms with van der Waals surface area (Å²) in [5.41, 5.74) is 1.91. The third-order valence-corrected chi connectivity index (χ3v) is 1.89. The number of carbonyl (C=O) groups is 1. The zero-order chi connectivity index (χ0) is 9.97. The number of rotatable bonds is 2. The van der Waals surface area contributed by atoms with Crippen LogP contribution < -0.4 is 0 Å². The Morgan fingerprint density at radius 3 is 2.80 bits per heavy atom. The molecule has 0 bridgehead atoms. The van der Waals surface area contributed by atoms with E-state index in [1.54, 1.807) is 24.1 Å². The molecule has 2 heterocycles. The van der Waals surface area contributed by atoms with Gasteiger partial charge in [0.05, 0.1) is 11.3 Å². The molecule has 0 aliphatic heterocycles. The third kappa shape index (κ3) is 2.22. The lowest BCUT2D eigenvalue weighted by Gasteiger charge is -1.94. The Labute approximate surface area is 93.4 Å². The molecule has 0 fully saturated rings. The number of aryl methyl sites for hydroxylation is 1. The molecule has 0 saturated heterocycles. The lowest BCUT2D eigenvalue weighted by atomic mass is 10.2. The maximum atomic E-state index is 10.7. The van der Waals surface area contributed by atoms with E-state index in [9.17, 15) is 4.79 Å². The molecule has 2 aromatic heterocycles. The molecular formula is C10H10ClN3O. The van der Waals surface area contributed by atoms with Crippen molar-refractivity contribution in [3.8, 4) is 11.4 Å². The molecule has 0 aliphatic rings. The van der Waals surface area contributed by atoms with Crippen molar-refractivity contribution < 1.29 is 4.79 Å². The lowest BCUT2D eigenvalue weighted by molar-refractivity contribution is 0.112. The van der Waals surface area contributed by atoms with Crippen molar-refractivity contribution in [2.75, 3.05) is 0 Å². The van der Waals surface area contributed by atoms with Gasteiger partial charge in [0, 0.05) is 19.4 Å². The standard InChI is InChI=1S/C10H9N3O.ClH/c1-13-6-8(7-14)10(12-13)9-4-2-3-5-11-9;/h2-7H,1H3;1H. The fourth-order valence-corrected chi connectivity index (χ4v) is 1.29. The topological polar surface area (TPSA) is 47.8 Å². The lowest BCUT2D eigenvalue weighted by Crippen LogP contribution is -1.89. The number of nitrogens with zero attached hydrogens (tertiary/aromatic N) is 3. The van der Waals surface area contributed by atoms with Gasteiger partial charge in [-0.05, 0) is 12.1 Å². The van der Waals surface area contributed by atoms with E-state index in [2.05, 4.69) is 10.1 Å². The van der Waals surface area contributed by atoms with Crippen molar-refractivity contribution in [3.05, 3.63) is 36.2 Å². The van der Waals surface area contributed by atoms with Crippen LogP contribution in [0.1, 0.15) is 10.4 Å². The molecule has 0 atom stereocenters. The van der Waals surface area contributed by atoms with E-state index < -0.39 is 0 Å². The Hall–Kier alpha value is -1.68. The highest BCUT2D eigenvalue weighted by Crippen LogP contribution is 2.17. The largest absolute Gasteiger partial charge is 0.298 e. The van der Waals surface area contributed by atoms with Crippen LogP contribution in [0.15, 0.2) is 30.6 Å². The second-order valence-corrected chi connectivity index (χ2v) is 2.94. The molecule has 4 nitrogen and oxygen atoms in total. The maximum Gasteiger partial charge on any atom is 0.153 e. The van der Waals surface area contributed by atoms with Gasteiger partial charge in [-0.3, -0.25) is 14.5 Å². The average molecular weight is 224 g/mol. The maximum absolute atomic E-state index is 10.7. The van der Waals surface area contributed by atoms with Crippen LogP contribution in [0.2, 0.25) is 0 Å². The van der Waals surface area contributed by atoms with Crippen molar-refractivity contribution in [2.24, 2.45) is 7.05 Å². The van der Waals surface area contributed by atoms with Crippen molar-refractivity contribution in [2.45, 2.75) is 0 Å². The molecule has 0 N–H and O–H groups in total. The van der Waals surface area contributed by atoms with E-state index in [0.29, 0.717) is 11.3 Å². The van der Waals surface area contributed by atoms with Crippen LogP contribution in [-0.4, -0.2) is 21.1 Å². The van der Waals surface area contributed by atoms with E-state index >= 15 is 0 Å². The molecule has 15 heavy (non-hydrogen) atoms. The van der Waals surface area contributed by atoms with Gasteiger partial charge in [0.1, 0.15) is 5.69 Å². The molecule has 78 valence electrons. The number of pyridine rings is 1. The van der Waals surface area contributed by atoms with Gasteiger partial charge in [0.15, 0.2) is 6.29 Å². The minimum Gasteiger partial charge on any atom is -0.298 e. The summed E-state index contributed by atoms with van der Waals surface area (Å²) in [4.78, 5) is 14.9. The van der Waals surface area contributed by atoms with Gasteiger partial charge in [-0.25, -0.2) is 0 Å².